The van der Waals surface area contributed by atoms with Crippen molar-refractivity contribution in [3.8, 4) is 11.5 Å². The first kappa shape index (κ1) is 23.2. The van der Waals surface area contributed by atoms with Crippen LogP contribution in [-0.2, 0) is 16.2 Å². The SMILES string of the molecule is COc1ccc(N2C(=O)NC(=O)/C(=C\c3ccc(OCc4ccc([N+](=O)[O-])cc4)cc3)C2=O)cc1. The van der Waals surface area contributed by atoms with E-state index in [9.17, 15) is 24.5 Å². The number of amides is 4. The van der Waals surface area contributed by atoms with Gasteiger partial charge in [0.15, 0.2) is 0 Å². The van der Waals surface area contributed by atoms with Crippen LogP contribution >= 0.6 is 0 Å². The maximum atomic E-state index is 13.0. The molecule has 1 N–H and O–H groups in total. The Kier molecular flexibility index (Phi) is 6.54. The molecule has 1 fully saturated rings. The van der Waals surface area contributed by atoms with Crippen LogP contribution in [0.3, 0.4) is 0 Å². The number of carbonyl (C=O) groups excluding carboxylic acids is 3. The van der Waals surface area contributed by atoms with Crippen LogP contribution in [0.25, 0.3) is 6.08 Å². The summed E-state index contributed by atoms with van der Waals surface area (Å²) in [4.78, 5) is 48.8. The first-order chi connectivity index (χ1) is 16.9. The molecule has 4 rings (SSSR count). The number of carbonyl (C=O) groups is 3. The first-order valence-corrected chi connectivity index (χ1v) is 10.4. The lowest BCUT2D eigenvalue weighted by Gasteiger charge is -2.26. The Hall–Kier alpha value is -4.99. The third-order valence-electron chi connectivity index (χ3n) is 5.18. The number of nitro benzene ring substituents is 1. The van der Waals surface area contributed by atoms with Crippen molar-refractivity contribution in [1.82, 2.24) is 5.32 Å². The molecule has 176 valence electrons. The van der Waals surface area contributed by atoms with Crippen LogP contribution in [0.5, 0.6) is 11.5 Å². The molecule has 0 atom stereocenters. The van der Waals surface area contributed by atoms with Crippen molar-refractivity contribution in [2.45, 2.75) is 6.61 Å². The highest BCUT2D eigenvalue weighted by Crippen LogP contribution is 2.25. The summed E-state index contributed by atoms with van der Waals surface area (Å²) >= 11 is 0. The van der Waals surface area contributed by atoms with Gasteiger partial charge in [-0.2, -0.15) is 0 Å². The summed E-state index contributed by atoms with van der Waals surface area (Å²) < 4.78 is 10.8. The number of anilines is 1. The van der Waals surface area contributed by atoms with E-state index < -0.39 is 22.8 Å². The van der Waals surface area contributed by atoms with Crippen LogP contribution in [0.4, 0.5) is 16.2 Å². The molecule has 0 spiro atoms. The smallest absolute Gasteiger partial charge is 0.335 e. The summed E-state index contributed by atoms with van der Waals surface area (Å²) in [7, 11) is 1.50. The van der Waals surface area contributed by atoms with Crippen LogP contribution < -0.4 is 19.7 Å². The van der Waals surface area contributed by atoms with E-state index in [1.807, 2.05) is 0 Å². The van der Waals surface area contributed by atoms with Crippen molar-refractivity contribution in [2.24, 2.45) is 0 Å². The van der Waals surface area contributed by atoms with Crippen LogP contribution in [0.2, 0.25) is 0 Å². The fourth-order valence-corrected chi connectivity index (χ4v) is 3.33. The monoisotopic (exact) mass is 473 g/mol. The average Bonchev–Trinajstić information content (AvgIpc) is 2.86. The van der Waals surface area contributed by atoms with Crippen molar-refractivity contribution in [1.29, 1.82) is 0 Å². The number of urea groups is 1. The predicted molar refractivity (Wildman–Crippen MR) is 126 cm³/mol. The van der Waals surface area contributed by atoms with Crippen molar-refractivity contribution in [2.75, 3.05) is 12.0 Å². The molecule has 1 saturated heterocycles. The number of nitro groups is 1. The van der Waals surface area contributed by atoms with E-state index in [4.69, 9.17) is 9.47 Å². The molecule has 35 heavy (non-hydrogen) atoms. The quantitative estimate of drug-likeness (QED) is 0.239. The van der Waals surface area contributed by atoms with E-state index in [0.717, 1.165) is 10.5 Å². The fraction of sp³-hybridized carbons (Fsp3) is 0.0800. The maximum absolute atomic E-state index is 13.0. The van der Waals surface area contributed by atoms with E-state index in [0.29, 0.717) is 22.7 Å². The Labute approximate surface area is 199 Å². The Morgan fingerprint density at radius 2 is 1.54 bits per heavy atom. The number of benzene rings is 3. The largest absolute Gasteiger partial charge is 0.497 e. The Balaban J connectivity index is 1.47. The fourth-order valence-electron chi connectivity index (χ4n) is 3.33. The molecular weight excluding hydrogens is 454 g/mol. The third-order valence-corrected chi connectivity index (χ3v) is 5.18. The zero-order chi connectivity index (χ0) is 24.9. The molecule has 3 aromatic rings. The number of hydrogen-bond donors (Lipinski definition) is 1. The second-order valence-electron chi connectivity index (χ2n) is 7.44. The second-order valence-corrected chi connectivity index (χ2v) is 7.44. The minimum absolute atomic E-state index is 0.000284. The van der Waals surface area contributed by atoms with Gasteiger partial charge < -0.3 is 9.47 Å². The summed E-state index contributed by atoms with van der Waals surface area (Å²) in [5.41, 5.74) is 1.41. The van der Waals surface area contributed by atoms with E-state index >= 15 is 0 Å². The zero-order valence-electron chi connectivity index (χ0n) is 18.5. The normalized spacial score (nSPS) is 14.6. The second kappa shape index (κ2) is 9.87. The summed E-state index contributed by atoms with van der Waals surface area (Å²) in [6.07, 6.45) is 1.39. The van der Waals surface area contributed by atoms with Gasteiger partial charge in [0.05, 0.1) is 17.7 Å². The van der Waals surface area contributed by atoms with Gasteiger partial charge >= 0.3 is 6.03 Å². The lowest BCUT2D eigenvalue weighted by atomic mass is 10.1. The molecular formula is C25H19N3O7. The number of methoxy groups -OCH3 is 1. The summed E-state index contributed by atoms with van der Waals surface area (Å²) in [6.45, 7) is 0.207. The Morgan fingerprint density at radius 3 is 2.14 bits per heavy atom. The number of rotatable bonds is 7. The molecule has 0 aromatic heterocycles. The van der Waals surface area contributed by atoms with Crippen molar-refractivity contribution in [3.05, 3.63) is 99.6 Å². The number of non-ortho nitro benzene ring substituents is 1. The van der Waals surface area contributed by atoms with E-state index in [1.54, 1.807) is 60.7 Å². The van der Waals surface area contributed by atoms with Gasteiger partial charge in [-0.3, -0.25) is 25.0 Å². The van der Waals surface area contributed by atoms with Crippen LogP contribution in [0.15, 0.2) is 78.4 Å². The van der Waals surface area contributed by atoms with Gasteiger partial charge in [-0.25, -0.2) is 9.69 Å². The Morgan fingerprint density at radius 1 is 0.914 bits per heavy atom. The molecule has 10 nitrogen and oxygen atoms in total. The molecule has 10 heteroatoms. The number of nitrogens with zero attached hydrogens (tertiary/aromatic N) is 2. The molecule has 1 aliphatic rings. The highest BCUT2D eigenvalue weighted by Gasteiger charge is 2.36. The summed E-state index contributed by atoms with van der Waals surface area (Å²) in [5.74, 6) is -0.452. The average molecular weight is 473 g/mol. The number of imide groups is 2. The van der Waals surface area contributed by atoms with Gasteiger partial charge in [0, 0.05) is 12.1 Å². The molecule has 0 radical (unpaired) electrons. The van der Waals surface area contributed by atoms with Crippen LogP contribution in [0.1, 0.15) is 11.1 Å². The van der Waals surface area contributed by atoms with Crippen LogP contribution in [-0.4, -0.2) is 29.9 Å². The number of hydrogen-bond acceptors (Lipinski definition) is 7. The molecule has 0 saturated carbocycles. The molecule has 1 heterocycles. The van der Waals surface area contributed by atoms with Crippen molar-refractivity contribution >= 4 is 35.3 Å². The Bertz CT molecular complexity index is 1310. The minimum atomic E-state index is -0.836. The highest BCUT2D eigenvalue weighted by molar-refractivity contribution is 6.39. The predicted octanol–water partition coefficient (Wildman–Crippen LogP) is 3.85. The van der Waals surface area contributed by atoms with Gasteiger partial charge in [0.25, 0.3) is 17.5 Å². The van der Waals surface area contributed by atoms with Crippen molar-refractivity contribution in [3.63, 3.8) is 0 Å². The van der Waals surface area contributed by atoms with Gasteiger partial charge in [-0.15, -0.1) is 0 Å². The van der Waals surface area contributed by atoms with Gasteiger partial charge in [-0.05, 0) is 65.7 Å². The molecule has 0 bridgehead atoms. The number of ether oxygens (including phenoxy) is 2. The molecule has 0 aliphatic carbocycles. The topological polar surface area (TPSA) is 128 Å². The first-order valence-electron chi connectivity index (χ1n) is 10.4. The zero-order valence-corrected chi connectivity index (χ0v) is 18.5. The van der Waals surface area contributed by atoms with E-state index in [2.05, 4.69) is 5.32 Å². The lowest BCUT2D eigenvalue weighted by Crippen LogP contribution is -2.54. The van der Waals surface area contributed by atoms with Gasteiger partial charge in [0.2, 0.25) is 0 Å². The van der Waals surface area contributed by atoms with E-state index in [1.165, 1.54) is 25.3 Å². The number of barbiturate groups is 1. The van der Waals surface area contributed by atoms with Gasteiger partial charge in [-0.1, -0.05) is 12.1 Å². The summed E-state index contributed by atoms with van der Waals surface area (Å²) in [6, 6.07) is 18.1. The standard InChI is InChI=1S/C25H19N3O7/c1-34-20-12-8-18(9-13-20)27-24(30)22(23(29)26-25(27)31)14-16-4-10-21(11-5-16)35-15-17-2-6-19(7-3-17)28(32)33/h2-14H,15H2,1H3,(H,26,29,31)/b22-14+. The van der Waals surface area contributed by atoms with Crippen molar-refractivity contribution < 1.29 is 28.8 Å². The summed E-state index contributed by atoms with van der Waals surface area (Å²) in [5, 5.41) is 12.9. The minimum Gasteiger partial charge on any atom is -0.497 e. The molecule has 0 unspecified atom stereocenters. The van der Waals surface area contributed by atoms with Gasteiger partial charge in [0.1, 0.15) is 23.7 Å². The van der Waals surface area contributed by atoms with Crippen LogP contribution in [0, 0.1) is 10.1 Å². The molecule has 1 aliphatic heterocycles. The number of nitrogens with one attached hydrogen (secondary N) is 1. The van der Waals surface area contributed by atoms with E-state index in [-0.39, 0.29) is 17.9 Å². The maximum Gasteiger partial charge on any atom is 0.335 e. The molecule has 3 aromatic carbocycles. The highest BCUT2D eigenvalue weighted by atomic mass is 16.6. The molecule has 4 amide bonds. The third kappa shape index (κ3) is 5.17. The lowest BCUT2D eigenvalue weighted by molar-refractivity contribution is -0.384.